The number of fused-ring (bicyclic) bond motifs is 1. The molecule has 5 rings (SSSR count). The van der Waals surface area contributed by atoms with Crippen LogP contribution in [0, 0.1) is 5.82 Å². The predicted octanol–water partition coefficient (Wildman–Crippen LogP) is 3.92. The van der Waals surface area contributed by atoms with Gasteiger partial charge in [-0.1, -0.05) is 30.3 Å². The third-order valence-electron chi connectivity index (χ3n) is 6.33. The predicted molar refractivity (Wildman–Crippen MR) is 140 cm³/mol. The molecule has 3 aromatic carbocycles. The van der Waals surface area contributed by atoms with Crippen LogP contribution in [-0.2, 0) is 26.2 Å². The Morgan fingerprint density at radius 3 is 2.50 bits per heavy atom. The third-order valence-corrected chi connectivity index (χ3v) is 6.33. The number of benzene rings is 3. The number of rotatable bonds is 10. The number of hydrogen-bond acceptors (Lipinski definition) is 7. The highest BCUT2D eigenvalue weighted by molar-refractivity contribution is 5.80. The molecule has 0 aliphatic rings. The van der Waals surface area contributed by atoms with Crippen LogP contribution in [0.5, 0.6) is 11.5 Å². The van der Waals surface area contributed by atoms with Crippen molar-refractivity contribution in [1.82, 2.24) is 30.1 Å². The molecule has 0 bridgehead atoms. The molecule has 0 amide bonds. The molecule has 0 saturated heterocycles. The summed E-state index contributed by atoms with van der Waals surface area (Å²) in [4.78, 5) is 18.1. The number of nitrogens with one attached hydrogen (secondary N) is 1. The number of pyridine rings is 1. The quantitative estimate of drug-likeness (QED) is 0.302. The minimum absolute atomic E-state index is 0.179. The zero-order chi connectivity index (χ0) is 26.5. The van der Waals surface area contributed by atoms with Crippen LogP contribution < -0.4 is 15.0 Å². The fourth-order valence-electron chi connectivity index (χ4n) is 4.37. The lowest BCUT2D eigenvalue weighted by atomic mass is 10.1. The van der Waals surface area contributed by atoms with Gasteiger partial charge in [0, 0.05) is 30.3 Å². The minimum atomic E-state index is -0.298. The van der Waals surface area contributed by atoms with Gasteiger partial charge in [-0.25, -0.2) is 9.07 Å². The number of nitrogens with zero attached hydrogens (tertiary/aromatic N) is 5. The molecule has 10 heteroatoms. The first kappa shape index (κ1) is 25.1. The van der Waals surface area contributed by atoms with Crippen LogP contribution in [0.15, 0.2) is 77.6 Å². The summed E-state index contributed by atoms with van der Waals surface area (Å²) in [5, 5.41) is 13.2. The number of hydrogen-bond donors (Lipinski definition) is 1. The van der Waals surface area contributed by atoms with E-state index < -0.39 is 0 Å². The van der Waals surface area contributed by atoms with Gasteiger partial charge in [0.05, 0.1) is 32.8 Å². The second-order valence-electron chi connectivity index (χ2n) is 8.91. The molecule has 0 fully saturated rings. The summed E-state index contributed by atoms with van der Waals surface area (Å²) >= 11 is 0. The summed E-state index contributed by atoms with van der Waals surface area (Å²) in [6.45, 7) is 1.60. The normalized spacial score (nSPS) is 11.3. The fraction of sp³-hybridized carbons (Fsp3) is 0.214. The maximum atomic E-state index is 13.4. The van der Waals surface area contributed by atoms with E-state index in [1.165, 1.54) is 12.1 Å². The Balaban J connectivity index is 1.45. The highest BCUT2D eigenvalue weighted by atomic mass is 19.1. The molecule has 0 spiro atoms. The number of tetrazole rings is 1. The molecule has 38 heavy (non-hydrogen) atoms. The summed E-state index contributed by atoms with van der Waals surface area (Å²) in [6.07, 6.45) is 0. The molecule has 5 aromatic rings. The summed E-state index contributed by atoms with van der Waals surface area (Å²) < 4.78 is 25.9. The Hall–Kier alpha value is -4.57. The summed E-state index contributed by atoms with van der Waals surface area (Å²) in [6, 6.07) is 21.5. The van der Waals surface area contributed by atoms with Crippen molar-refractivity contribution in [2.45, 2.75) is 26.2 Å². The van der Waals surface area contributed by atoms with Crippen LogP contribution in [0.25, 0.3) is 10.9 Å². The number of para-hydroxylation sites is 1. The van der Waals surface area contributed by atoms with E-state index in [1.807, 2.05) is 42.5 Å². The highest BCUT2D eigenvalue weighted by Crippen LogP contribution is 2.23. The van der Waals surface area contributed by atoms with Crippen LogP contribution in [0.4, 0.5) is 4.39 Å². The second kappa shape index (κ2) is 11.2. The van der Waals surface area contributed by atoms with Crippen LogP contribution in [-0.4, -0.2) is 44.3 Å². The van der Waals surface area contributed by atoms with E-state index in [1.54, 1.807) is 37.1 Å². The van der Waals surface area contributed by atoms with Gasteiger partial charge in [-0.05, 0) is 57.8 Å². The molecule has 0 saturated carbocycles. The van der Waals surface area contributed by atoms with Crippen molar-refractivity contribution >= 4 is 10.9 Å². The van der Waals surface area contributed by atoms with Gasteiger partial charge in [-0.15, -0.1) is 5.10 Å². The van der Waals surface area contributed by atoms with Crippen molar-refractivity contribution in [1.29, 1.82) is 0 Å². The maximum absolute atomic E-state index is 13.4. The van der Waals surface area contributed by atoms with E-state index in [0.717, 1.165) is 22.3 Å². The zero-order valence-corrected chi connectivity index (χ0v) is 21.1. The standard InChI is InChI=1S/C28H27FN6O3/c1-37-24-12-9-20-13-22(28(36)30-25(20)14-24)17-34(16-21-5-3-4-6-26(21)38-2)18-27-31-32-33-35(27)15-19-7-10-23(29)11-8-19/h3-14H,15-18H2,1-2H3,(H,30,36). The molecular weight excluding hydrogens is 487 g/mol. The Bertz CT molecular complexity index is 1600. The summed E-state index contributed by atoms with van der Waals surface area (Å²) in [5.74, 6) is 1.74. The van der Waals surface area contributed by atoms with Crippen molar-refractivity contribution in [3.05, 3.63) is 111 Å². The van der Waals surface area contributed by atoms with Crippen molar-refractivity contribution < 1.29 is 13.9 Å². The van der Waals surface area contributed by atoms with E-state index in [4.69, 9.17) is 9.47 Å². The molecule has 0 atom stereocenters. The lowest BCUT2D eigenvalue weighted by Gasteiger charge is -2.23. The maximum Gasteiger partial charge on any atom is 0.252 e. The number of aromatic amines is 1. The first-order valence-electron chi connectivity index (χ1n) is 12.1. The van der Waals surface area contributed by atoms with E-state index in [9.17, 15) is 9.18 Å². The molecule has 194 valence electrons. The van der Waals surface area contributed by atoms with Gasteiger partial charge in [-0.2, -0.15) is 0 Å². The molecular formula is C28H27FN6O3. The van der Waals surface area contributed by atoms with Crippen LogP contribution in [0.3, 0.4) is 0 Å². The average molecular weight is 515 g/mol. The van der Waals surface area contributed by atoms with E-state index >= 15 is 0 Å². The van der Waals surface area contributed by atoms with E-state index in [0.29, 0.717) is 48.8 Å². The van der Waals surface area contributed by atoms with Gasteiger partial charge < -0.3 is 14.5 Å². The van der Waals surface area contributed by atoms with Crippen molar-refractivity contribution in [2.24, 2.45) is 0 Å². The SMILES string of the molecule is COc1ccc2cc(CN(Cc3ccccc3OC)Cc3nnnn3Cc3ccc(F)cc3)c(=O)[nH]c2c1. The molecule has 9 nitrogen and oxygen atoms in total. The molecule has 0 radical (unpaired) electrons. The van der Waals surface area contributed by atoms with Gasteiger partial charge in [0.25, 0.3) is 5.56 Å². The van der Waals surface area contributed by atoms with Gasteiger partial charge in [0.2, 0.25) is 0 Å². The van der Waals surface area contributed by atoms with E-state index in [-0.39, 0.29) is 11.4 Å². The fourth-order valence-corrected chi connectivity index (χ4v) is 4.37. The number of halogens is 1. The molecule has 2 heterocycles. The summed E-state index contributed by atoms with van der Waals surface area (Å²) in [5.41, 5.74) is 2.97. The first-order valence-corrected chi connectivity index (χ1v) is 12.1. The van der Waals surface area contributed by atoms with Gasteiger partial charge >= 0.3 is 0 Å². The van der Waals surface area contributed by atoms with Gasteiger partial charge in [-0.3, -0.25) is 9.69 Å². The van der Waals surface area contributed by atoms with Crippen molar-refractivity contribution in [3.8, 4) is 11.5 Å². The first-order chi connectivity index (χ1) is 18.5. The Labute approximate surface area is 218 Å². The topological polar surface area (TPSA) is 98.2 Å². The second-order valence-corrected chi connectivity index (χ2v) is 8.91. The van der Waals surface area contributed by atoms with Crippen molar-refractivity contribution in [2.75, 3.05) is 14.2 Å². The van der Waals surface area contributed by atoms with Gasteiger partial charge in [0.15, 0.2) is 5.82 Å². The van der Waals surface area contributed by atoms with Crippen LogP contribution in [0.1, 0.15) is 22.5 Å². The molecule has 0 aliphatic heterocycles. The monoisotopic (exact) mass is 514 g/mol. The lowest BCUT2D eigenvalue weighted by molar-refractivity contribution is 0.232. The van der Waals surface area contributed by atoms with Crippen LogP contribution >= 0.6 is 0 Å². The van der Waals surface area contributed by atoms with Gasteiger partial charge in [0.1, 0.15) is 17.3 Å². The minimum Gasteiger partial charge on any atom is -0.497 e. The summed E-state index contributed by atoms with van der Waals surface area (Å²) in [7, 11) is 3.22. The molecule has 0 aliphatic carbocycles. The highest BCUT2D eigenvalue weighted by Gasteiger charge is 2.18. The molecule has 0 unspecified atom stereocenters. The molecule has 1 N–H and O–H groups in total. The third kappa shape index (κ3) is 5.70. The van der Waals surface area contributed by atoms with E-state index in [2.05, 4.69) is 25.4 Å². The van der Waals surface area contributed by atoms with Crippen molar-refractivity contribution in [3.63, 3.8) is 0 Å². The molecule has 2 aromatic heterocycles. The number of aromatic nitrogens is 5. The number of ether oxygens (including phenoxy) is 2. The van der Waals surface area contributed by atoms with Crippen LogP contribution in [0.2, 0.25) is 0 Å². The Morgan fingerprint density at radius 2 is 1.71 bits per heavy atom. The number of H-pyrrole nitrogens is 1. The number of methoxy groups -OCH3 is 2. The smallest absolute Gasteiger partial charge is 0.252 e. The Morgan fingerprint density at radius 1 is 0.921 bits per heavy atom. The Kier molecular flexibility index (Phi) is 7.41. The largest absolute Gasteiger partial charge is 0.497 e. The zero-order valence-electron chi connectivity index (χ0n) is 21.1. The lowest BCUT2D eigenvalue weighted by Crippen LogP contribution is -2.28. The average Bonchev–Trinajstić information content (AvgIpc) is 3.36.